The van der Waals surface area contributed by atoms with Gasteiger partial charge in [-0.1, -0.05) is 57.0 Å². The second kappa shape index (κ2) is 6.98. The van der Waals surface area contributed by atoms with Gasteiger partial charge in [0.25, 0.3) is 0 Å². The molecule has 1 aliphatic heterocycles. The predicted octanol–water partition coefficient (Wildman–Crippen LogP) is 5.50. The average molecular weight is 455 g/mol. The smallest absolute Gasteiger partial charge is 0.228 e. The van der Waals surface area contributed by atoms with E-state index in [1.165, 1.54) is 24.8 Å². The topological polar surface area (TPSA) is 46.3 Å². The number of hydrogen-bond acceptors (Lipinski definition) is 2. The van der Waals surface area contributed by atoms with E-state index in [-0.39, 0.29) is 27.2 Å². The van der Waals surface area contributed by atoms with Gasteiger partial charge >= 0.3 is 0 Å². The molecule has 4 bridgehead atoms. The van der Waals surface area contributed by atoms with Gasteiger partial charge in [-0.15, -0.1) is 11.6 Å². The Kier molecular flexibility index (Phi) is 4.68. The first-order valence-electron chi connectivity index (χ1n) is 13.0. The van der Waals surface area contributed by atoms with Crippen molar-refractivity contribution >= 4 is 17.5 Å². The summed E-state index contributed by atoms with van der Waals surface area (Å²) in [5.74, 6) is 2.15. The maximum atomic E-state index is 14.3. The maximum Gasteiger partial charge on any atom is 0.228 e. The van der Waals surface area contributed by atoms with E-state index >= 15 is 0 Å². The van der Waals surface area contributed by atoms with Crippen LogP contribution in [0.15, 0.2) is 30.3 Å². The van der Waals surface area contributed by atoms with Crippen molar-refractivity contribution in [2.75, 3.05) is 13.1 Å². The number of hydrogen-bond donors (Lipinski definition) is 1. The number of alkyl halides is 1. The summed E-state index contributed by atoms with van der Waals surface area (Å²) in [4.78, 5) is 16.4. The molecule has 1 saturated heterocycles. The van der Waals surface area contributed by atoms with Crippen molar-refractivity contribution in [1.82, 2.24) is 4.90 Å². The second-order valence-electron chi connectivity index (χ2n) is 13.0. The Morgan fingerprint density at radius 2 is 1.72 bits per heavy atom. The van der Waals surface area contributed by atoms with Crippen LogP contribution in [0, 0.1) is 28.6 Å². The first kappa shape index (κ1) is 21.5. The predicted molar refractivity (Wildman–Crippen MR) is 129 cm³/mol. The van der Waals surface area contributed by atoms with E-state index in [1.54, 1.807) is 0 Å². The number of benzene rings is 1. The maximum absolute atomic E-state index is 14.3. The van der Waals surface area contributed by atoms with E-state index in [1.807, 2.05) is 0 Å². The molecule has 0 spiro atoms. The number of halogens is 1. The number of carbonyl (C=O) groups excluding carboxylic acids is 1. The number of carbonyl (C=O) groups is 1. The van der Waals surface area contributed by atoms with Crippen molar-refractivity contribution in [2.45, 2.75) is 88.0 Å². The average Bonchev–Trinajstić information content (AvgIpc) is 3.57. The summed E-state index contributed by atoms with van der Waals surface area (Å²) in [6.07, 6.45) is 10.1. The quantitative estimate of drug-likeness (QED) is 0.610. The van der Waals surface area contributed by atoms with E-state index in [0.29, 0.717) is 17.7 Å². The Hall–Kier alpha value is -1.06. The molecule has 1 heterocycles. The van der Waals surface area contributed by atoms with Crippen molar-refractivity contribution < 1.29 is 4.79 Å². The molecule has 32 heavy (non-hydrogen) atoms. The molecule has 6 aliphatic rings. The lowest BCUT2D eigenvalue weighted by Crippen LogP contribution is -2.68. The molecule has 5 saturated carbocycles. The van der Waals surface area contributed by atoms with Crippen LogP contribution >= 0.6 is 11.6 Å². The molecule has 174 valence electrons. The van der Waals surface area contributed by atoms with Gasteiger partial charge in [-0.25, -0.2) is 0 Å². The summed E-state index contributed by atoms with van der Waals surface area (Å²) in [6.45, 7) is 6.05. The van der Waals surface area contributed by atoms with E-state index in [0.717, 1.165) is 57.5 Å². The van der Waals surface area contributed by atoms with E-state index in [4.69, 9.17) is 17.3 Å². The first-order valence-corrected chi connectivity index (χ1v) is 13.3. The number of rotatable bonds is 4. The van der Waals surface area contributed by atoms with E-state index in [9.17, 15) is 4.79 Å². The van der Waals surface area contributed by atoms with E-state index in [2.05, 4.69) is 49.1 Å². The van der Waals surface area contributed by atoms with Gasteiger partial charge in [0.15, 0.2) is 0 Å². The molecule has 3 nitrogen and oxygen atoms in total. The molecule has 2 unspecified atom stereocenters. The van der Waals surface area contributed by atoms with Crippen LogP contribution in [0.5, 0.6) is 0 Å². The third kappa shape index (κ3) is 3.13. The lowest BCUT2D eigenvalue weighted by molar-refractivity contribution is -0.168. The van der Waals surface area contributed by atoms with Gasteiger partial charge in [0.2, 0.25) is 5.91 Å². The Bertz CT molecular complexity index is 891. The van der Waals surface area contributed by atoms with E-state index < -0.39 is 0 Å². The Morgan fingerprint density at radius 1 is 1.06 bits per heavy atom. The van der Waals surface area contributed by atoms with Crippen LogP contribution in [0.4, 0.5) is 0 Å². The van der Waals surface area contributed by atoms with Gasteiger partial charge in [0.05, 0.1) is 10.3 Å². The normalized spacial score (nSPS) is 44.6. The summed E-state index contributed by atoms with van der Waals surface area (Å²) in [5, 5.41) is 0. The Labute approximate surface area is 198 Å². The molecular formula is C28H39ClN2O. The van der Waals surface area contributed by atoms with Crippen molar-refractivity contribution in [1.29, 1.82) is 0 Å². The highest BCUT2D eigenvalue weighted by molar-refractivity contribution is 6.24. The zero-order valence-electron chi connectivity index (χ0n) is 19.8. The lowest BCUT2D eigenvalue weighted by Gasteiger charge is -2.68. The number of likely N-dealkylation sites (tertiary alicyclic amines) is 1. The third-order valence-corrected chi connectivity index (χ3v) is 11.1. The second-order valence-corrected chi connectivity index (χ2v) is 13.7. The van der Waals surface area contributed by atoms with Crippen LogP contribution in [0.25, 0.3) is 0 Å². The SMILES string of the molecule is CC1(C)CN(C(=O)C23CC4CC(c5ccccc5)(CC(C2)C4(Cl)CC2CC2)C3)CC[C@@H]1N. The Balaban J connectivity index is 1.36. The molecule has 7 rings (SSSR count). The summed E-state index contributed by atoms with van der Waals surface area (Å²) in [6, 6.07) is 11.3. The van der Waals surface area contributed by atoms with Crippen molar-refractivity contribution in [3.63, 3.8) is 0 Å². The molecule has 1 amide bonds. The third-order valence-electron chi connectivity index (χ3n) is 10.3. The zero-order chi connectivity index (χ0) is 22.4. The lowest BCUT2D eigenvalue weighted by atomic mass is 9.39. The van der Waals surface area contributed by atoms with Crippen molar-refractivity contribution in [3.05, 3.63) is 35.9 Å². The van der Waals surface area contributed by atoms with Crippen LogP contribution in [-0.4, -0.2) is 34.8 Å². The fourth-order valence-electron chi connectivity index (χ4n) is 8.51. The fraction of sp³-hybridized carbons (Fsp3) is 0.750. The van der Waals surface area contributed by atoms with Gasteiger partial charge in [-0.3, -0.25) is 4.79 Å². The molecule has 0 aromatic heterocycles. The van der Waals surface area contributed by atoms with Gasteiger partial charge < -0.3 is 10.6 Å². The minimum Gasteiger partial charge on any atom is -0.342 e. The molecule has 5 aliphatic carbocycles. The molecule has 4 heteroatoms. The van der Waals surface area contributed by atoms with Gasteiger partial charge in [0, 0.05) is 19.1 Å². The highest BCUT2D eigenvalue weighted by Crippen LogP contribution is 2.72. The zero-order valence-corrected chi connectivity index (χ0v) is 20.5. The molecule has 6 fully saturated rings. The largest absolute Gasteiger partial charge is 0.342 e. The summed E-state index contributed by atoms with van der Waals surface area (Å²) >= 11 is 7.59. The van der Waals surface area contributed by atoms with Crippen LogP contribution < -0.4 is 5.73 Å². The number of nitrogens with zero attached hydrogens (tertiary/aromatic N) is 1. The molecule has 0 radical (unpaired) electrons. The minimum absolute atomic E-state index is 0.0183. The number of amides is 1. The summed E-state index contributed by atoms with van der Waals surface area (Å²) in [7, 11) is 0. The Morgan fingerprint density at radius 3 is 2.31 bits per heavy atom. The number of piperidine rings is 1. The minimum atomic E-state index is -0.235. The first-order chi connectivity index (χ1) is 15.2. The van der Waals surface area contributed by atoms with Gasteiger partial charge in [-0.05, 0) is 79.1 Å². The highest BCUT2D eigenvalue weighted by Gasteiger charge is 2.69. The van der Waals surface area contributed by atoms with Gasteiger partial charge in [-0.2, -0.15) is 0 Å². The standard InChI is InChI=1S/C28H39ClN2O/c1-25(2)18-31(11-10-23(25)30)24(32)27-15-21-13-26(17-27,20-6-4-3-5-7-20)14-22(16-27)28(21,29)12-19-8-9-19/h3-7,19,21-23H,8-18,30H2,1-2H3/t21?,22?,23-,26?,27?,28?/m0/s1. The van der Waals surface area contributed by atoms with Gasteiger partial charge in [0.1, 0.15) is 0 Å². The highest BCUT2D eigenvalue weighted by atomic mass is 35.5. The summed E-state index contributed by atoms with van der Waals surface area (Å²) < 4.78 is 0. The van der Waals surface area contributed by atoms with Crippen LogP contribution in [-0.2, 0) is 10.2 Å². The molecule has 1 aromatic rings. The molecule has 1 aromatic carbocycles. The summed E-state index contributed by atoms with van der Waals surface area (Å²) in [5.41, 5.74) is 7.72. The van der Waals surface area contributed by atoms with Crippen LogP contribution in [0.1, 0.15) is 77.2 Å². The monoisotopic (exact) mass is 454 g/mol. The number of nitrogens with two attached hydrogens (primary N) is 1. The molecule has 2 N–H and O–H groups in total. The van der Waals surface area contributed by atoms with Crippen molar-refractivity contribution in [2.24, 2.45) is 34.3 Å². The van der Waals surface area contributed by atoms with Crippen LogP contribution in [0.3, 0.4) is 0 Å². The van der Waals surface area contributed by atoms with Crippen molar-refractivity contribution in [3.8, 4) is 0 Å². The molecular weight excluding hydrogens is 416 g/mol. The molecule has 3 atom stereocenters. The van der Waals surface area contributed by atoms with Crippen LogP contribution in [0.2, 0.25) is 0 Å². The fourth-order valence-corrected chi connectivity index (χ4v) is 9.03.